The number of aliphatic hydroxyl groups is 1. The molecule has 0 bridgehead atoms. The van der Waals surface area contributed by atoms with Crippen molar-refractivity contribution in [3.05, 3.63) is 29.3 Å². The molecule has 2 atom stereocenters. The fraction of sp³-hybridized carbons (Fsp3) is 0.500. The number of carbonyl (C=O) groups is 1. The number of nitrogens with zero attached hydrogens (tertiary/aromatic N) is 1. The Bertz CT molecular complexity index is 458. The lowest BCUT2D eigenvalue weighted by atomic mass is 9.95. The normalized spacial score (nSPS) is 24.1. The van der Waals surface area contributed by atoms with Crippen LogP contribution in [0.25, 0.3) is 0 Å². The Hall–Kier alpha value is -1.55. The minimum atomic E-state index is -0.899. The fourth-order valence-electron chi connectivity index (χ4n) is 2.44. The summed E-state index contributed by atoms with van der Waals surface area (Å²) in [6, 6.07) is 5.38. The Labute approximate surface area is 107 Å². The zero-order chi connectivity index (χ0) is 13.3. The van der Waals surface area contributed by atoms with Crippen LogP contribution in [0.1, 0.15) is 29.3 Å². The van der Waals surface area contributed by atoms with Crippen molar-refractivity contribution in [3.8, 4) is 0 Å². The first-order valence-corrected chi connectivity index (χ1v) is 6.26. The van der Waals surface area contributed by atoms with Crippen LogP contribution in [-0.2, 0) is 0 Å². The fourth-order valence-corrected chi connectivity index (χ4v) is 2.44. The third-order valence-corrected chi connectivity index (χ3v) is 3.58. The van der Waals surface area contributed by atoms with Crippen molar-refractivity contribution in [2.75, 3.05) is 18.0 Å². The summed E-state index contributed by atoms with van der Waals surface area (Å²) in [5.74, 6) is -0.732. The van der Waals surface area contributed by atoms with Gasteiger partial charge in [-0.15, -0.1) is 0 Å². The molecule has 2 unspecified atom stereocenters. The summed E-state index contributed by atoms with van der Waals surface area (Å²) >= 11 is 0. The predicted octanol–water partition coefficient (Wildman–Crippen LogP) is 1.90. The number of hydrogen-bond donors (Lipinski definition) is 2. The topological polar surface area (TPSA) is 60.8 Å². The molecule has 0 aromatic heterocycles. The van der Waals surface area contributed by atoms with Crippen LogP contribution in [0, 0.1) is 12.8 Å². The van der Waals surface area contributed by atoms with Gasteiger partial charge in [0.1, 0.15) is 0 Å². The van der Waals surface area contributed by atoms with E-state index >= 15 is 0 Å². The smallest absolute Gasteiger partial charge is 0.337 e. The van der Waals surface area contributed by atoms with E-state index in [2.05, 4.69) is 4.90 Å². The molecular formula is C14H19NO3. The molecule has 98 valence electrons. The van der Waals surface area contributed by atoms with E-state index in [1.807, 2.05) is 26.0 Å². The Morgan fingerprint density at radius 3 is 2.78 bits per heavy atom. The van der Waals surface area contributed by atoms with Gasteiger partial charge in [0.15, 0.2) is 0 Å². The van der Waals surface area contributed by atoms with Crippen LogP contribution in [-0.4, -0.2) is 35.4 Å². The first kappa shape index (κ1) is 12.9. The average Bonchev–Trinajstić information content (AvgIpc) is 2.32. The second kappa shape index (κ2) is 4.98. The third kappa shape index (κ3) is 2.48. The van der Waals surface area contributed by atoms with Gasteiger partial charge in [-0.05, 0) is 37.0 Å². The highest BCUT2D eigenvalue weighted by atomic mass is 16.4. The Morgan fingerprint density at radius 2 is 2.17 bits per heavy atom. The van der Waals surface area contributed by atoms with E-state index in [0.717, 1.165) is 11.3 Å². The third-order valence-electron chi connectivity index (χ3n) is 3.58. The molecule has 0 saturated carbocycles. The Kier molecular flexibility index (Phi) is 3.57. The number of piperidine rings is 1. The van der Waals surface area contributed by atoms with E-state index in [9.17, 15) is 15.0 Å². The predicted molar refractivity (Wildman–Crippen MR) is 70.1 cm³/mol. The van der Waals surface area contributed by atoms with Gasteiger partial charge in [-0.1, -0.05) is 13.0 Å². The van der Waals surface area contributed by atoms with Gasteiger partial charge in [0.25, 0.3) is 0 Å². The first-order valence-electron chi connectivity index (χ1n) is 6.26. The lowest BCUT2D eigenvalue weighted by Gasteiger charge is -2.36. The molecule has 1 fully saturated rings. The van der Waals surface area contributed by atoms with Crippen LogP contribution in [0.4, 0.5) is 5.69 Å². The number of carboxylic acids is 1. The number of carboxylic acid groups (broad SMARTS) is 1. The van der Waals surface area contributed by atoms with Crippen LogP contribution in [0.3, 0.4) is 0 Å². The van der Waals surface area contributed by atoms with Crippen molar-refractivity contribution in [2.24, 2.45) is 5.92 Å². The number of benzene rings is 1. The second-order valence-electron chi connectivity index (χ2n) is 5.11. The van der Waals surface area contributed by atoms with Crippen molar-refractivity contribution in [3.63, 3.8) is 0 Å². The first-order chi connectivity index (χ1) is 8.49. The van der Waals surface area contributed by atoms with E-state index in [-0.39, 0.29) is 12.0 Å². The molecule has 4 nitrogen and oxygen atoms in total. The van der Waals surface area contributed by atoms with Crippen molar-refractivity contribution in [2.45, 2.75) is 26.4 Å². The summed E-state index contributed by atoms with van der Waals surface area (Å²) in [6.45, 7) is 5.35. The number of hydrogen-bond acceptors (Lipinski definition) is 3. The molecule has 1 aromatic rings. The largest absolute Gasteiger partial charge is 0.478 e. The van der Waals surface area contributed by atoms with Gasteiger partial charge >= 0.3 is 5.97 Å². The molecule has 2 N–H and O–H groups in total. The quantitative estimate of drug-likeness (QED) is 0.840. The molecule has 0 spiro atoms. The summed E-state index contributed by atoms with van der Waals surface area (Å²) in [5.41, 5.74) is 2.15. The molecule has 2 rings (SSSR count). The number of rotatable bonds is 2. The maximum absolute atomic E-state index is 11.2. The molecule has 4 heteroatoms. The number of anilines is 1. The molecule has 1 aliphatic rings. The Balaban J connectivity index is 2.32. The summed E-state index contributed by atoms with van der Waals surface area (Å²) in [7, 11) is 0. The maximum atomic E-state index is 11.2. The molecule has 1 aliphatic heterocycles. The summed E-state index contributed by atoms with van der Waals surface area (Å²) in [4.78, 5) is 13.3. The zero-order valence-electron chi connectivity index (χ0n) is 10.8. The lowest BCUT2D eigenvalue weighted by molar-refractivity contribution is 0.0696. The molecular weight excluding hydrogens is 230 g/mol. The van der Waals surface area contributed by atoms with Gasteiger partial charge < -0.3 is 15.1 Å². The monoisotopic (exact) mass is 249 g/mol. The Morgan fingerprint density at radius 1 is 1.44 bits per heavy atom. The standard InChI is InChI=1S/C14H19NO3/c1-9-3-4-11(14(17)18)12(7-9)15-6-5-13(16)10(2)8-15/h3-4,7,10,13,16H,5-6,8H2,1-2H3,(H,17,18). The van der Waals surface area contributed by atoms with Gasteiger partial charge in [-0.2, -0.15) is 0 Å². The van der Waals surface area contributed by atoms with Crippen molar-refractivity contribution >= 4 is 11.7 Å². The lowest BCUT2D eigenvalue weighted by Crippen LogP contribution is -2.42. The number of aromatic carboxylic acids is 1. The summed E-state index contributed by atoms with van der Waals surface area (Å²) in [5, 5.41) is 19.0. The molecule has 1 heterocycles. The van der Waals surface area contributed by atoms with E-state index in [0.29, 0.717) is 25.1 Å². The SMILES string of the molecule is Cc1ccc(C(=O)O)c(N2CCC(O)C(C)C2)c1. The minimum Gasteiger partial charge on any atom is -0.478 e. The van der Waals surface area contributed by atoms with Gasteiger partial charge in [0.2, 0.25) is 0 Å². The van der Waals surface area contributed by atoms with Gasteiger partial charge in [-0.25, -0.2) is 4.79 Å². The van der Waals surface area contributed by atoms with E-state index in [1.54, 1.807) is 6.07 Å². The van der Waals surface area contributed by atoms with Crippen molar-refractivity contribution in [1.29, 1.82) is 0 Å². The van der Waals surface area contributed by atoms with Crippen LogP contribution >= 0.6 is 0 Å². The second-order valence-corrected chi connectivity index (χ2v) is 5.11. The van der Waals surface area contributed by atoms with Crippen LogP contribution in [0.5, 0.6) is 0 Å². The van der Waals surface area contributed by atoms with Gasteiger partial charge in [-0.3, -0.25) is 0 Å². The molecule has 18 heavy (non-hydrogen) atoms. The minimum absolute atomic E-state index is 0.168. The average molecular weight is 249 g/mol. The van der Waals surface area contributed by atoms with E-state index in [4.69, 9.17) is 0 Å². The van der Waals surface area contributed by atoms with Gasteiger partial charge in [0.05, 0.1) is 17.4 Å². The highest BCUT2D eigenvalue weighted by Gasteiger charge is 2.26. The van der Waals surface area contributed by atoms with E-state index < -0.39 is 5.97 Å². The van der Waals surface area contributed by atoms with E-state index in [1.165, 1.54) is 0 Å². The molecule has 1 saturated heterocycles. The zero-order valence-corrected chi connectivity index (χ0v) is 10.8. The highest BCUT2D eigenvalue weighted by molar-refractivity contribution is 5.94. The van der Waals surface area contributed by atoms with Crippen LogP contribution < -0.4 is 4.90 Å². The van der Waals surface area contributed by atoms with Crippen molar-refractivity contribution in [1.82, 2.24) is 0 Å². The van der Waals surface area contributed by atoms with Crippen molar-refractivity contribution < 1.29 is 15.0 Å². The summed E-state index contributed by atoms with van der Waals surface area (Å²) in [6.07, 6.45) is 0.410. The number of aryl methyl sites for hydroxylation is 1. The molecule has 0 aliphatic carbocycles. The van der Waals surface area contributed by atoms with Crippen LogP contribution in [0.15, 0.2) is 18.2 Å². The molecule has 0 amide bonds. The van der Waals surface area contributed by atoms with Gasteiger partial charge in [0, 0.05) is 13.1 Å². The molecule has 1 aromatic carbocycles. The number of aliphatic hydroxyl groups excluding tert-OH is 1. The van der Waals surface area contributed by atoms with Crippen LogP contribution in [0.2, 0.25) is 0 Å². The molecule has 0 radical (unpaired) electrons. The highest BCUT2D eigenvalue weighted by Crippen LogP contribution is 2.27. The maximum Gasteiger partial charge on any atom is 0.337 e. The summed E-state index contributed by atoms with van der Waals surface area (Å²) < 4.78 is 0.